The highest BCUT2D eigenvalue weighted by atomic mass is 16.4. The fourth-order valence-electron chi connectivity index (χ4n) is 1.62. The lowest BCUT2D eigenvalue weighted by Gasteiger charge is -2.03. The number of nitrogens with one attached hydrogen (secondary N) is 1. The SMILES string of the molecule is CCCNC(=O)CCCCCCCCC(=O)O. The first kappa shape index (κ1) is 15.9. The second kappa shape index (κ2) is 11.4. The Morgan fingerprint density at radius 2 is 1.47 bits per heavy atom. The number of unbranched alkanes of at least 4 members (excludes halogenated alkanes) is 5. The maximum Gasteiger partial charge on any atom is 0.303 e. The van der Waals surface area contributed by atoms with E-state index in [-0.39, 0.29) is 12.3 Å². The van der Waals surface area contributed by atoms with Gasteiger partial charge in [0, 0.05) is 19.4 Å². The molecule has 0 saturated carbocycles. The molecule has 0 spiro atoms. The lowest BCUT2D eigenvalue weighted by Crippen LogP contribution is -2.23. The molecule has 0 radical (unpaired) electrons. The standard InChI is InChI=1S/C13H25NO3/c1-2-11-14-12(15)9-7-5-3-4-6-8-10-13(16)17/h2-11H2,1H3,(H,14,15)(H,16,17). The van der Waals surface area contributed by atoms with Crippen molar-refractivity contribution < 1.29 is 14.7 Å². The van der Waals surface area contributed by atoms with Gasteiger partial charge in [0.05, 0.1) is 0 Å². The Bertz CT molecular complexity index is 217. The van der Waals surface area contributed by atoms with Gasteiger partial charge in [-0.05, 0) is 19.3 Å². The number of hydrogen-bond acceptors (Lipinski definition) is 2. The summed E-state index contributed by atoms with van der Waals surface area (Å²) in [5, 5.41) is 11.3. The van der Waals surface area contributed by atoms with E-state index in [1.165, 1.54) is 0 Å². The van der Waals surface area contributed by atoms with Crippen LogP contribution in [0.2, 0.25) is 0 Å². The smallest absolute Gasteiger partial charge is 0.303 e. The molecule has 0 unspecified atom stereocenters. The van der Waals surface area contributed by atoms with E-state index in [4.69, 9.17) is 5.11 Å². The summed E-state index contributed by atoms with van der Waals surface area (Å²) in [7, 11) is 0. The van der Waals surface area contributed by atoms with Gasteiger partial charge in [0.15, 0.2) is 0 Å². The van der Waals surface area contributed by atoms with Crippen LogP contribution in [0.3, 0.4) is 0 Å². The first-order chi connectivity index (χ1) is 8.16. The van der Waals surface area contributed by atoms with Crippen LogP contribution in [0.15, 0.2) is 0 Å². The van der Waals surface area contributed by atoms with Gasteiger partial charge < -0.3 is 10.4 Å². The number of carbonyl (C=O) groups excluding carboxylic acids is 1. The van der Waals surface area contributed by atoms with Gasteiger partial charge in [-0.25, -0.2) is 0 Å². The van der Waals surface area contributed by atoms with Crippen LogP contribution in [0.4, 0.5) is 0 Å². The quantitative estimate of drug-likeness (QED) is 0.548. The van der Waals surface area contributed by atoms with Crippen molar-refractivity contribution in [2.75, 3.05) is 6.54 Å². The van der Waals surface area contributed by atoms with Gasteiger partial charge in [0.25, 0.3) is 0 Å². The van der Waals surface area contributed by atoms with E-state index in [0.717, 1.165) is 51.5 Å². The molecule has 0 aliphatic heterocycles. The Kier molecular flexibility index (Phi) is 10.7. The highest BCUT2D eigenvalue weighted by Gasteiger charge is 2.00. The Morgan fingerprint density at radius 3 is 2.00 bits per heavy atom. The van der Waals surface area contributed by atoms with Crippen molar-refractivity contribution in [3.63, 3.8) is 0 Å². The summed E-state index contributed by atoms with van der Waals surface area (Å²) in [6, 6.07) is 0. The minimum absolute atomic E-state index is 0.151. The Balaban J connectivity index is 3.12. The predicted molar refractivity (Wildman–Crippen MR) is 67.9 cm³/mol. The summed E-state index contributed by atoms with van der Waals surface area (Å²) in [6.45, 7) is 2.81. The van der Waals surface area contributed by atoms with Gasteiger partial charge in [0.2, 0.25) is 5.91 Å². The monoisotopic (exact) mass is 243 g/mol. The Hall–Kier alpha value is -1.06. The molecule has 0 aromatic heterocycles. The first-order valence-corrected chi connectivity index (χ1v) is 6.65. The molecular formula is C13H25NO3. The minimum atomic E-state index is -0.711. The van der Waals surface area contributed by atoms with Crippen LogP contribution < -0.4 is 5.32 Å². The van der Waals surface area contributed by atoms with Crippen molar-refractivity contribution in [1.82, 2.24) is 5.32 Å². The zero-order chi connectivity index (χ0) is 12.9. The molecule has 0 aromatic rings. The number of carboxylic acids is 1. The van der Waals surface area contributed by atoms with E-state index in [9.17, 15) is 9.59 Å². The molecular weight excluding hydrogens is 218 g/mol. The molecule has 4 heteroatoms. The molecule has 0 rings (SSSR count). The van der Waals surface area contributed by atoms with Crippen molar-refractivity contribution in [1.29, 1.82) is 0 Å². The van der Waals surface area contributed by atoms with Crippen molar-refractivity contribution in [3.05, 3.63) is 0 Å². The van der Waals surface area contributed by atoms with E-state index < -0.39 is 5.97 Å². The van der Waals surface area contributed by atoms with Crippen LogP contribution in [0.5, 0.6) is 0 Å². The van der Waals surface area contributed by atoms with Crippen molar-refractivity contribution >= 4 is 11.9 Å². The second-order valence-corrected chi connectivity index (χ2v) is 4.37. The summed E-state index contributed by atoms with van der Waals surface area (Å²) < 4.78 is 0. The average Bonchev–Trinajstić information content (AvgIpc) is 2.29. The molecule has 0 heterocycles. The fraction of sp³-hybridized carbons (Fsp3) is 0.846. The lowest BCUT2D eigenvalue weighted by molar-refractivity contribution is -0.137. The molecule has 1 amide bonds. The average molecular weight is 243 g/mol. The highest BCUT2D eigenvalue weighted by Crippen LogP contribution is 2.08. The maximum absolute atomic E-state index is 11.2. The molecule has 17 heavy (non-hydrogen) atoms. The number of rotatable bonds is 11. The molecule has 0 saturated heterocycles. The maximum atomic E-state index is 11.2. The number of hydrogen-bond donors (Lipinski definition) is 2. The number of carboxylic acid groups (broad SMARTS) is 1. The molecule has 0 atom stereocenters. The molecule has 0 fully saturated rings. The van der Waals surface area contributed by atoms with Crippen LogP contribution in [0, 0.1) is 0 Å². The van der Waals surface area contributed by atoms with Gasteiger partial charge in [0.1, 0.15) is 0 Å². The van der Waals surface area contributed by atoms with E-state index >= 15 is 0 Å². The van der Waals surface area contributed by atoms with E-state index in [2.05, 4.69) is 5.32 Å². The summed E-state index contributed by atoms with van der Waals surface area (Å²) in [5.74, 6) is -0.560. The van der Waals surface area contributed by atoms with Crippen LogP contribution in [-0.2, 0) is 9.59 Å². The van der Waals surface area contributed by atoms with Gasteiger partial charge in [-0.1, -0.05) is 32.6 Å². The van der Waals surface area contributed by atoms with Crippen LogP contribution in [0.25, 0.3) is 0 Å². The summed E-state index contributed by atoms with van der Waals surface area (Å²) in [4.78, 5) is 21.5. The molecule has 0 aromatic carbocycles. The summed E-state index contributed by atoms with van der Waals surface area (Å²) in [5.41, 5.74) is 0. The number of carbonyl (C=O) groups is 2. The lowest BCUT2D eigenvalue weighted by atomic mass is 10.1. The summed E-state index contributed by atoms with van der Waals surface area (Å²) in [6.07, 6.45) is 7.80. The van der Waals surface area contributed by atoms with Crippen molar-refractivity contribution in [2.45, 2.75) is 64.7 Å². The molecule has 0 bridgehead atoms. The largest absolute Gasteiger partial charge is 0.481 e. The molecule has 4 nitrogen and oxygen atoms in total. The van der Waals surface area contributed by atoms with Crippen LogP contribution in [0.1, 0.15) is 64.7 Å². The zero-order valence-electron chi connectivity index (χ0n) is 10.8. The highest BCUT2D eigenvalue weighted by molar-refractivity contribution is 5.75. The Morgan fingerprint density at radius 1 is 0.941 bits per heavy atom. The molecule has 100 valence electrons. The van der Waals surface area contributed by atoms with Gasteiger partial charge in [-0.15, -0.1) is 0 Å². The molecule has 0 aliphatic carbocycles. The van der Waals surface area contributed by atoms with E-state index in [0.29, 0.717) is 6.42 Å². The number of amides is 1. The van der Waals surface area contributed by atoms with Crippen LogP contribution in [-0.4, -0.2) is 23.5 Å². The van der Waals surface area contributed by atoms with Gasteiger partial charge in [-0.2, -0.15) is 0 Å². The normalized spacial score (nSPS) is 10.2. The first-order valence-electron chi connectivity index (χ1n) is 6.65. The van der Waals surface area contributed by atoms with E-state index in [1.807, 2.05) is 6.92 Å². The fourth-order valence-corrected chi connectivity index (χ4v) is 1.62. The topological polar surface area (TPSA) is 66.4 Å². The van der Waals surface area contributed by atoms with Gasteiger partial charge >= 0.3 is 5.97 Å². The van der Waals surface area contributed by atoms with E-state index in [1.54, 1.807) is 0 Å². The molecule has 0 aliphatic rings. The summed E-state index contributed by atoms with van der Waals surface area (Å²) >= 11 is 0. The van der Waals surface area contributed by atoms with Gasteiger partial charge in [-0.3, -0.25) is 9.59 Å². The third-order valence-corrected chi connectivity index (χ3v) is 2.62. The number of aliphatic carboxylic acids is 1. The Labute approximate surface area is 104 Å². The van der Waals surface area contributed by atoms with Crippen molar-refractivity contribution in [2.24, 2.45) is 0 Å². The van der Waals surface area contributed by atoms with Crippen LogP contribution >= 0.6 is 0 Å². The zero-order valence-corrected chi connectivity index (χ0v) is 10.8. The van der Waals surface area contributed by atoms with Crippen molar-refractivity contribution in [3.8, 4) is 0 Å². The third kappa shape index (κ3) is 12.9. The molecule has 2 N–H and O–H groups in total. The minimum Gasteiger partial charge on any atom is -0.481 e. The predicted octanol–water partition coefficient (Wildman–Crippen LogP) is 2.72. The second-order valence-electron chi connectivity index (χ2n) is 4.37. The third-order valence-electron chi connectivity index (χ3n) is 2.62.